The molecule has 0 amide bonds. The molecule has 0 saturated heterocycles. The van der Waals surface area contributed by atoms with Crippen LogP contribution in [0.4, 0.5) is 0 Å². The van der Waals surface area contributed by atoms with E-state index in [1.807, 2.05) is 0 Å². The van der Waals surface area contributed by atoms with E-state index >= 15 is 0 Å². The van der Waals surface area contributed by atoms with E-state index in [0.29, 0.717) is 0 Å². The van der Waals surface area contributed by atoms with Crippen molar-refractivity contribution in [3.8, 4) is 0 Å². The van der Waals surface area contributed by atoms with Crippen molar-refractivity contribution < 1.29 is 68.7 Å². The number of carboxylic acids is 3. The van der Waals surface area contributed by atoms with E-state index in [4.69, 9.17) is 0 Å². The molecule has 0 fully saturated rings. The third-order valence-corrected chi connectivity index (χ3v) is 2.06. The standard InChI is InChI=1S/C8H16O2.2C3H6O2.2Zn/c1-2-3-4-5-6-7-8(9)10;2*1-2-3(4)5;;/h2-7H2,1H3,(H,9,10);2*2H2,1H3,(H,4,5);;/q;;;2*+2/p-3. The Morgan fingerprint density at radius 1 is 0.636 bits per heavy atom. The Kier molecular flexibility index (Phi) is 43.6. The van der Waals surface area contributed by atoms with Crippen LogP contribution in [0, 0.1) is 0 Å². The number of hydrogen-bond donors (Lipinski definition) is 0. The van der Waals surface area contributed by atoms with Crippen LogP contribution < -0.4 is 15.3 Å². The molecule has 8 heteroatoms. The molecular formula is C14H25O6Zn2+. The number of hydrogen-bond acceptors (Lipinski definition) is 6. The van der Waals surface area contributed by atoms with Gasteiger partial charge in [-0.25, -0.2) is 0 Å². The van der Waals surface area contributed by atoms with Crippen LogP contribution in [0.15, 0.2) is 0 Å². The minimum atomic E-state index is -0.995. The molecule has 0 rings (SSSR count). The Labute approximate surface area is 158 Å². The third-order valence-electron chi connectivity index (χ3n) is 2.06. The summed E-state index contributed by atoms with van der Waals surface area (Å²) in [5.41, 5.74) is 0. The summed E-state index contributed by atoms with van der Waals surface area (Å²) in [6.07, 6.45) is 5.83. The van der Waals surface area contributed by atoms with Gasteiger partial charge in [0.1, 0.15) is 0 Å². The van der Waals surface area contributed by atoms with Crippen molar-refractivity contribution in [2.75, 3.05) is 0 Å². The second-order valence-corrected chi connectivity index (χ2v) is 3.99. The molecule has 120 valence electrons. The van der Waals surface area contributed by atoms with Crippen LogP contribution in [0.25, 0.3) is 0 Å². The van der Waals surface area contributed by atoms with Crippen molar-refractivity contribution in [2.45, 2.75) is 72.1 Å². The Balaban J connectivity index is -0.0000000692. The topological polar surface area (TPSA) is 120 Å². The van der Waals surface area contributed by atoms with Crippen LogP contribution in [0.2, 0.25) is 0 Å². The zero-order chi connectivity index (χ0) is 16.4. The van der Waals surface area contributed by atoms with Gasteiger partial charge in [0.05, 0.1) is 0 Å². The van der Waals surface area contributed by atoms with E-state index in [9.17, 15) is 29.7 Å². The molecule has 0 radical (unpaired) electrons. The molecular weight excluding hydrogens is 395 g/mol. The number of aliphatic carboxylic acids is 3. The predicted octanol–water partition coefficient (Wildman–Crippen LogP) is -0.616. The van der Waals surface area contributed by atoms with Crippen molar-refractivity contribution >= 4 is 17.9 Å². The largest absolute Gasteiger partial charge is 2.00 e. The number of carboxylic acid groups (broad SMARTS) is 3. The van der Waals surface area contributed by atoms with E-state index in [0.717, 1.165) is 19.3 Å². The molecule has 0 aromatic carbocycles. The molecule has 0 bridgehead atoms. The van der Waals surface area contributed by atoms with Gasteiger partial charge in [-0.2, -0.15) is 0 Å². The third kappa shape index (κ3) is 60.2. The fourth-order valence-corrected chi connectivity index (χ4v) is 0.873. The smallest absolute Gasteiger partial charge is 0.550 e. The van der Waals surface area contributed by atoms with Crippen LogP contribution in [-0.4, -0.2) is 17.9 Å². The zero-order valence-electron chi connectivity index (χ0n) is 14.0. The summed E-state index contributed by atoms with van der Waals surface area (Å²) in [5.74, 6) is -2.91. The van der Waals surface area contributed by atoms with Gasteiger partial charge in [-0.3, -0.25) is 0 Å². The fraction of sp³-hybridized carbons (Fsp3) is 0.786. The average Bonchev–Trinajstić information content (AvgIpc) is 2.39. The summed E-state index contributed by atoms with van der Waals surface area (Å²) in [4.78, 5) is 28.4. The van der Waals surface area contributed by atoms with Gasteiger partial charge in [0.15, 0.2) is 0 Å². The monoisotopic (exact) mass is 417 g/mol. The number of carbonyl (C=O) groups is 3. The van der Waals surface area contributed by atoms with Crippen molar-refractivity contribution in [1.29, 1.82) is 0 Å². The second-order valence-electron chi connectivity index (χ2n) is 3.99. The first-order chi connectivity index (χ1) is 9.31. The summed E-state index contributed by atoms with van der Waals surface area (Å²) in [6.45, 7) is 5.21. The molecule has 0 aromatic heterocycles. The Morgan fingerprint density at radius 2 is 0.955 bits per heavy atom. The number of carbonyl (C=O) groups excluding carboxylic acids is 3. The first-order valence-corrected chi connectivity index (χ1v) is 6.91. The Bertz CT molecular complexity index is 246. The van der Waals surface area contributed by atoms with Gasteiger partial charge in [-0.1, -0.05) is 46.5 Å². The maximum atomic E-state index is 9.92. The van der Waals surface area contributed by atoms with E-state index in [-0.39, 0.29) is 58.2 Å². The van der Waals surface area contributed by atoms with Gasteiger partial charge in [-0.05, 0) is 25.7 Å². The molecule has 0 spiro atoms. The van der Waals surface area contributed by atoms with Crippen molar-refractivity contribution in [3.63, 3.8) is 0 Å². The Morgan fingerprint density at radius 3 is 1.18 bits per heavy atom. The molecule has 0 aliphatic heterocycles. The second kappa shape index (κ2) is 28.8. The van der Waals surface area contributed by atoms with Gasteiger partial charge in [0, 0.05) is 17.9 Å². The zero-order valence-corrected chi connectivity index (χ0v) is 20.0. The molecule has 0 saturated carbocycles. The van der Waals surface area contributed by atoms with Gasteiger partial charge < -0.3 is 29.7 Å². The van der Waals surface area contributed by atoms with E-state index < -0.39 is 17.9 Å². The van der Waals surface area contributed by atoms with Gasteiger partial charge >= 0.3 is 39.0 Å². The fourth-order valence-electron chi connectivity index (χ4n) is 0.873. The normalized spacial score (nSPS) is 7.77. The predicted molar refractivity (Wildman–Crippen MR) is 69.0 cm³/mol. The van der Waals surface area contributed by atoms with Crippen molar-refractivity contribution in [3.05, 3.63) is 0 Å². The maximum Gasteiger partial charge on any atom is 2.00 e. The molecule has 6 nitrogen and oxygen atoms in total. The first kappa shape index (κ1) is 33.3. The first-order valence-electron chi connectivity index (χ1n) is 6.91. The summed E-state index contributed by atoms with van der Waals surface area (Å²) in [6, 6.07) is 0. The molecule has 0 heterocycles. The Hall–Kier alpha value is -0.343. The van der Waals surface area contributed by atoms with E-state index in [1.54, 1.807) is 0 Å². The minimum Gasteiger partial charge on any atom is -0.550 e. The summed E-state index contributed by atoms with van der Waals surface area (Å²) in [7, 11) is 0. The van der Waals surface area contributed by atoms with Gasteiger partial charge in [0.2, 0.25) is 0 Å². The van der Waals surface area contributed by atoms with Crippen LogP contribution in [0.1, 0.15) is 72.1 Å². The van der Waals surface area contributed by atoms with Crippen LogP contribution in [0.5, 0.6) is 0 Å². The maximum absolute atomic E-state index is 9.92. The molecule has 0 aliphatic rings. The molecule has 0 unspecified atom stereocenters. The molecule has 0 aliphatic carbocycles. The molecule has 0 atom stereocenters. The van der Waals surface area contributed by atoms with Gasteiger partial charge in [-0.15, -0.1) is 0 Å². The minimum absolute atomic E-state index is 0. The quantitative estimate of drug-likeness (QED) is 0.382. The SMILES string of the molecule is CCC(=O)[O-].CCC(=O)[O-].CCCCCCCC(=O)[O-].[Zn+2].[Zn+2]. The van der Waals surface area contributed by atoms with Gasteiger partial charge in [0.25, 0.3) is 0 Å². The summed E-state index contributed by atoms with van der Waals surface area (Å²) in [5, 5.41) is 28.4. The molecule has 22 heavy (non-hydrogen) atoms. The summed E-state index contributed by atoms with van der Waals surface area (Å²) < 4.78 is 0. The van der Waals surface area contributed by atoms with Crippen LogP contribution in [-0.2, 0) is 53.3 Å². The average molecular weight is 420 g/mol. The van der Waals surface area contributed by atoms with Crippen LogP contribution >= 0.6 is 0 Å². The van der Waals surface area contributed by atoms with Crippen molar-refractivity contribution in [2.24, 2.45) is 0 Å². The molecule has 0 N–H and O–H groups in total. The molecule has 0 aromatic rings. The summed E-state index contributed by atoms with van der Waals surface area (Å²) >= 11 is 0. The number of rotatable bonds is 8. The van der Waals surface area contributed by atoms with Crippen molar-refractivity contribution in [1.82, 2.24) is 0 Å². The van der Waals surface area contributed by atoms with Crippen LogP contribution in [0.3, 0.4) is 0 Å². The van der Waals surface area contributed by atoms with E-state index in [2.05, 4.69) is 6.92 Å². The van der Waals surface area contributed by atoms with E-state index in [1.165, 1.54) is 26.7 Å². The number of unbranched alkanes of at least 4 members (excludes halogenated alkanes) is 4.